The lowest BCUT2D eigenvalue weighted by molar-refractivity contribution is -0.152. The Morgan fingerprint density at radius 2 is 2.11 bits per heavy atom. The van der Waals surface area contributed by atoms with Crippen molar-refractivity contribution in [3.63, 3.8) is 0 Å². The molecule has 2 N–H and O–H groups in total. The minimum atomic E-state index is -0.206. The quantitative estimate of drug-likeness (QED) is 0.769. The van der Waals surface area contributed by atoms with Crippen molar-refractivity contribution in [3.8, 4) is 0 Å². The summed E-state index contributed by atoms with van der Waals surface area (Å²) < 4.78 is 5.66. The number of nitrogens with two attached hydrogens (primary N) is 1. The van der Waals surface area contributed by atoms with Crippen LogP contribution in [-0.4, -0.2) is 42.1 Å². The van der Waals surface area contributed by atoms with E-state index in [2.05, 4.69) is 6.92 Å². The van der Waals surface area contributed by atoms with Gasteiger partial charge in [0.2, 0.25) is 5.91 Å². The molecular weight excluding hydrogens is 228 g/mol. The minimum Gasteiger partial charge on any atom is -0.372 e. The monoisotopic (exact) mass is 254 g/mol. The average molecular weight is 254 g/mol. The van der Waals surface area contributed by atoms with Gasteiger partial charge >= 0.3 is 0 Å². The van der Waals surface area contributed by atoms with Gasteiger partial charge in [-0.2, -0.15) is 0 Å². The van der Waals surface area contributed by atoms with Crippen LogP contribution in [0.2, 0.25) is 0 Å². The molecular formula is C14H26N2O2. The number of amides is 1. The van der Waals surface area contributed by atoms with E-state index in [-0.39, 0.29) is 17.6 Å². The third kappa shape index (κ3) is 3.04. The van der Waals surface area contributed by atoms with Gasteiger partial charge in [0.1, 0.15) is 0 Å². The first-order valence-corrected chi connectivity index (χ1v) is 7.07. The maximum Gasteiger partial charge on any atom is 0.226 e. The van der Waals surface area contributed by atoms with E-state index < -0.39 is 0 Å². The summed E-state index contributed by atoms with van der Waals surface area (Å²) in [5.41, 5.74) is 5.76. The van der Waals surface area contributed by atoms with Crippen molar-refractivity contribution < 1.29 is 9.53 Å². The molecule has 3 atom stereocenters. The maximum absolute atomic E-state index is 12.6. The van der Waals surface area contributed by atoms with Gasteiger partial charge < -0.3 is 15.4 Å². The third-order valence-corrected chi connectivity index (χ3v) is 4.26. The van der Waals surface area contributed by atoms with Crippen molar-refractivity contribution >= 4 is 5.91 Å². The van der Waals surface area contributed by atoms with Gasteiger partial charge in [0.25, 0.3) is 0 Å². The Hall–Kier alpha value is -0.610. The summed E-state index contributed by atoms with van der Waals surface area (Å²) >= 11 is 0. The maximum atomic E-state index is 12.6. The van der Waals surface area contributed by atoms with Crippen molar-refractivity contribution in [2.75, 3.05) is 19.7 Å². The molecule has 0 aromatic heterocycles. The fourth-order valence-electron chi connectivity index (χ4n) is 3.24. The number of hydrogen-bond donors (Lipinski definition) is 1. The molecule has 1 aliphatic carbocycles. The van der Waals surface area contributed by atoms with Crippen molar-refractivity contribution in [2.24, 2.45) is 17.6 Å². The Labute approximate surface area is 110 Å². The Morgan fingerprint density at radius 1 is 1.39 bits per heavy atom. The number of hydrogen-bond acceptors (Lipinski definition) is 3. The van der Waals surface area contributed by atoms with Gasteiger partial charge in [-0.05, 0) is 39.0 Å². The Morgan fingerprint density at radius 3 is 2.72 bits per heavy atom. The number of morpholine rings is 1. The van der Waals surface area contributed by atoms with Crippen molar-refractivity contribution in [1.29, 1.82) is 0 Å². The molecule has 2 fully saturated rings. The molecule has 3 unspecified atom stereocenters. The van der Waals surface area contributed by atoms with E-state index >= 15 is 0 Å². The van der Waals surface area contributed by atoms with E-state index in [0.717, 1.165) is 25.8 Å². The van der Waals surface area contributed by atoms with Gasteiger partial charge in [-0.1, -0.05) is 6.92 Å². The van der Waals surface area contributed by atoms with Gasteiger partial charge in [-0.15, -0.1) is 0 Å². The Balaban J connectivity index is 1.98. The van der Waals surface area contributed by atoms with Crippen molar-refractivity contribution in [3.05, 3.63) is 0 Å². The van der Waals surface area contributed by atoms with Crippen molar-refractivity contribution in [1.82, 2.24) is 4.90 Å². The van der Waals surface area contributed by atoms with Gasteiger partial charge in [0, 0.05) is 25.0 Å². The number of rotatable bonds is 1. The van der Waals surface area contributed by atoms with Crippen LogP contribution in [0, 0.1) is 11.8 Å². The summed E-state index contributed by atoms with van der Waals surface area (Å²) in [4.78, 5) is 14.6. The SMILES string of the molecule is CC1CC(N)CCC1C(=O)N1CCOC(C)(C)C1. The summed E-state index contributed by atoms with van der Waals surface area (Å²) in [6, 6.07) is 0.283. The molecule has 2 rings (SSSR count). The first-order chi connectivity index (χ1) is 8.39. The number of carbonyl (C=O) groups is 1. The molecule has 0 radical (unpaired) electrons. The van der Waals surface area contributed by atoms with Crippen LogP contribution in [0.15, 0.2) is 0 Å². The second-order valence-electron chi connectivity index (χ2n) is 6.52. The van der Waals surface area contributed by atoms with Crippen LogP contribution in [-0.2, 0) is 9.53 Å². The predicted octanol–water partition coefficient (Wildman–Crippen LogP) is 1.39. The summed E-state index contributed by atoms with van der Waals surface area (Å²) in [6.07, 6.45) is 2.90. The highest BCUT2D eigenvalue weighted by atomic mass is 16.5. The smallest absolute Gasteiger partial charge is 0.226 e. The Kier molecular flexibility index (Phi) is 3.97. The zero-order valence-electron chi connectivity index (χ0n) is 11.8. The van der Waals surface area contributed by atoms with E-state index in [0.29, 0.717) is 25.0 Å². The zero-order chi connectivity index (χ0) is 13.3. The molecule has 4 heteroatoms. The standard InChI is InChI=1S/C14H26N2O2/c1-10-8-11(15)4-5-12(10)13(17)16-6-7-18-14(2,3)9-16/h10-12H,4-9,15H2,1-3H3. The van der Waals surface area contributed by atoms with Crippen LogP contribution < -0.4 is 5.73 Å². The van der Waals surface area contributed by atoms with E-state index in [4.69, 9.17) is 10.5 Å². The Bertz CT molecular complexity index is 317. The second-order valence-corrected chi connectivity index (χ2v) is 6.52. The molecule has 1 amide bonds. The van der Waals surface area contributed by atoms with Gasteiger partial charge in [0.05, 0.1) is 12.2 Å². The fourth-order valence-corrected chi connectivity index (χ4v) is 3.24. The highest BCUT2D eigenvalue weighted by Crippen LogP contribution is 2.31. The number of carbonyl (C=O) groups excluding carboxylic acids is 1. The molecule has 0 aromatic carbocycles. The zero-order valence-corrected chi connectivity index (χ0v) is 11.8. The fraction of sp³-hybridized carbons (Fsp3) is 0.929. The van der Waals surface area contributed by atoms with Gasteiger partial charge in [-0.25, -0.2) is 0 Å². The minimum absolute atomic E-state index is 0.165. The predicted molar refractivity (Wildman–Crippen MR) is 71.1 cm³/mol. The number of nitrogens with zero attached hydrogens (tertiary/aromatic N) is 1. The van der Waals surface area contributed by atoms with Crippen LogP contribution in [0.25, 0.3) is 0 Å². The molecule has 0 spiro atoms. The molecule has 104 valence electrons. The second kappa shape index (κ2) is 5.17. The molecule has 0 bridgehead atoms. The molecule has 0 aromatic rings. The molecule has 2 aliphatic rings. The first-order valence-electron chi connectivity index (χ1n) is 7.07. The summed E-state index contributed by atoms with van der Waals surface area (Å²) in [7, 11) is 0. The largest absolute Gasteiger partial charge is 0.372 e. The highest BCUT2D eigenvalue weighted by molar-refractivity contribution is 5.79. The van der Waals surface area contributed by atoms with Gasteiger partial charge in [0.15, 0.2) is 0 Å². The molecule has 4 nitrogen and oxygen atoms in total. The van der Waals surface area contributed by atoms with Crippen molar-refractivity contribution in [2.45, 2.75) is 51.7 Å². The highest BCUT2D eigenvalue weighted by Gasteiger charge is 2.37. The molecule has 18 heavy (non-hydrogen) atoms. The summed E-state index contributed by atoms with van der Waals surface area (Å²) in [5.74, 6) is 0.886. The normalized spacial score (nSPS) is 36.4. The lowest BCUT2D eigenvalue weighted by Crippen LogP contribution is -2.53. The van der Waals surface area contributed by atoms with Crippen LogP contribution >= 0.6 is 0 Å². The third-order valence-electron chi connectivity index (χ3n) is 4.26. The molecule has 1 saturated heterocycles. The van der Waals surface area contributed by atoms with Crippen LogP contribution in [0.4, 0.5) is 0 Å². The summed E-state index contributed by atoms with van der Waals surface area (Å²) in [5, 5.41) is 0. The average Bonchev–Trinajstić information content (AvgIpc) is 2.27. The molecule has 1 saturated carbocycles. The van der Waals surface area contributed by atoms with Gasteiger partial charge in [-0.3, -0.25) is 4.79 Å². The lowest BCUT2D eigenvalue weighted by atomic mass is 9.77. The molecule has 1 aliphatic heterocycles. The summed E-state index contributed by atoms with van der Waals surface area (Å²) in [6.45, 7) is 8.35. The van der Waals surface area contributed by atoms with E-state index in [1.54, 1.807) is 0 Å². The van der Waals surface area contributed by atoms with Crippen LogP contribution in [0.1, 0.15) is 40.0 Å². The first kappa shape index (κ1) is 13.8. The lowest BCUT2D eigenvalue weighted by Gasteiger charge is -2.41. The van der Waals surface area contributed by atoms with E-state index in [1.807, 2.05) is 18.7 Å². The topological polar surface area (TPSA) is 55.6 Å². The van der Waals surface area contributed by atoms with E-state index in [9.17, 15) is 4.79 Å². The van der Waals surface area contributed by atoms with Crippen LogP contribution in [0.5, 0.6) is 0 Å². The number of ether oxygens (including phenoxy) is 1. The van der Waals surface area contributed by atoms with Crippen LogP contribution in [0.3, 0.4) is 0 Å². The molecule has 1 heterocycles. The van der Waals surface area contributed by atoms with E-state index in [1.165, 1.54) is 0 Å².